The maximum Gasteiger partial charge on any atom is 0.192 e. The minimum absolute atomic E-state index is 0.219. The minimum Gasteiger partial charge on any atom is -0.413 e. The highest BCUT2D eigenvalue weighted by Crippen LogP contribution is 2.28. The van der Waals surface area contributed by atoms with Crippen LogP contribution < -0.4 is 0 Å². The van der Waals surface area contributed by atoms with Crippen LogP contribution in [0.1, 0.15) is 41.5 Å². The van der Waals surface area contributed by atoms with Crippen molar-refractivity contribution in [1.29, 1.82) is 0 Å². The van der Waals surface area contributed by atoms with Gasteiger partial charge in [-0.2, -0.15) is 0 Å². The second-order valence-corrected chi connectivity index (χ2v) is 9.95. The zero-order valence-corrected chi connectivity index (χ0v) is 12.9. The Hall–Kier alpha value is 0.137. The fourth-order valence-corrected chi connectivity index (χ4v) is 5.38. The molecule has 2 atom stereocenters. The van der Waals surface area contributed by atoms with Gasteiger partial charge in [-0.25, -0.2) is 0 Å². The molecule has 2 nitrogen and oxygen atoms in total. The van der Waals surface area contributed by atoms with E-state index in [1.165, 1.54) is 18.1 Å². The van der Waals surface area contributed by atoms with Gasteiger partial charge in [0, 0.05) is 12.5 Å². The van der Waals surface area contributed by atoms with Crippen molar-refractivity contribution in [2.24, 2.45) is 11.8 Å². The van der Waals surface area contributed by atoms with E-state index in [2.05, 4.69) is 41.5 Å². The average Bonchev–Trinajstić information content (AvgIpc) is 2.30. The van der Waals surface area contributed by atoms with Crippen molar-refractivity contribution in [2.75, 3.05) is 6.61 Å². The zero-order chi connectivity index (χ0) is 12.8. The Morgan fingerprint density at radius 1 is 1.00 bits per heavy atom. The Bertz CT molecular complexity index is 171. The molecule has 0 unspecified atom stereocenters. The summed E-state index contributed by atoms with van der Waals surface area (Å²) in [6, 6.07) is 3.55. The Balaban J connectivity index is 4.70. The molecule has 0 fully saturated rings. The van der Waals surface area contributed by atoms with Crippen LogP contribution >= 0.6 is 0 Å². The van der Waals surface area contributed by atoms with Gasteiger partial charge >= 0.3 is 0 Å². The van der Waals surface area contributed by atoms with E-state index in [1.54, 1.807) is 0 Å². The van der Waals surface area contributed by atoms with E-state index in [0.29, 0.717) is 5.92 Å². The number of aliphatic hydroxyl groups excluding tert-OH is 1. The summed E-state index contributed by atoms with van der Waals surface area (Å²) in [5.74, 6) is 0.732. The van der Waals surface area contributed by atoms with Crippen LogP contribution in [0.3, 0.4) is 0 Å². The molecule has 98 valence electrons. The van der Waals surface area contributed by atoms with Crippen molar-refractivity contribution >= 4 is 8.32 Å². The second-order valence-electron chi connectivity index (χ2n) is 5.23. The lowest BCUT2D eigenvalue weighted by Crippen LogP contribution is -2.44. The smallest absolute Gasteiger partial charge is 0.192 e. The first-order valence-corrected chi connectivity index (χ1v) is 9.27. The Morgan fingerprint density at radius 3 is 1.69 bits per heavy atom. The maximum atomic E-state index is 9.30. The van der Waals surface area contributed by atoms with Crippen LogP contribution in [-0.4, -0.2) is 26.1 Å². The van der Waals surface area contributed by atoms with Crippen molar-refractivity contribution in [2.45, 2.75) is 65.8 Å². The van der Waals surface area contributed by atoms with Gasteiger partial charge in [0.25, 0.3) is 0 Å². The van der Waals surface area contributed by atoms with Crippen molar-refractivity contribution < 1.29 is 9.53 Å². The van der Waals surface area contributed by atoms with E-state index in [1.807, 2.05) is 0 Å². The third-order valence-corrected chi connectivity index (χ3v) is 8.46. The van der Waals surface area contributed by atoms with Gasteiger partial charge in [0.05, 0.1) is 6.10 Å². The average molecular weight is 246 g/mol. The van der Waals surface area contributed by atoms with Gasteiger partial charge in [0.1, 0.15) is 0 Å². The topological polar surface area (TPSA) is 29.5 Å². The predicted molar refractivity (Wildman–Crippen MR) is 73.2 cm³/mol. The molecule has 0 aromatic carbocycles. The molecule has 0 radical (unpaired) electrons. The lowest BCUT2D eigenvalue weighted by atomic mass is 9.96. The summed E-state index contributed by atoms with van der Waals surface area (Å²) in [6.45, 7) is 13.4. The van der Waals surface area contributed by atoms with Crippen molar-refractivity contribution in [3.63, 3.8) is 0 Å². The standard InChI is InChI=1S/C13H30O2Si/c1-7-16(8-2,9-3)15-13(11(4)5)12(6)10-14/h11-14H,7-10H2,1-6H3/t12-,13+/m0/s1. The van der Waals surface area contributed by atoms with Gasteiger partial charge in [-0.15, -0.1) is 0 Å². The van der Waals surface area contributed by atoms with Crippen LogP contribution in [0.2, 0.25) is 18.1 Å². The summed E-state index contributed by atoms with van der Waals surface area (Å²) >= 11 is 0. The highest BCUT2D eigenvalue weighted by molar-refractivity contribution is 6.73. The molecule has 1 N–H and O–H groups in total. The summed E-state index contributed by atoms with van der Waals surface area (Å²) in [4.78, 5) is 0. The number of hydrogen-bond acceptors (Lipinski definition) is 2. The molecule has 0 bridgehead atoms. The molecule has 0 rings (SSSR count). The first-order chi connectivity index (χ1) is 7.46. The molecule has 0 aromatic heterocycles. The number of rotatable bonds is 8. The molecule has 0 amide bonds. The summed E-state index contributed by atoms with van der Waals surface area (Å²) in [6.07, 6.45) is 0.219. The Kier molecular flexibility index (Phi) is 7.52. The lowest BCUT2D eigenvalue weighted by molar-refractivity contribution is 0.0537. The highest BCUT2D eigenvalue weighted by Gasteiger charge is 2.34. The molecule has 0 aliphatic carbocycles. The van der Waals surface area contributed by atoms with E-state index in [4.69, 9.17) is 4.43 Å². The van der Waals surface area contributed by atoms with E-state index in [9.17, 15) is 5.11 Å². The molecule has 0 aliphatic heterocycles. The first-order valence-electron chi connectivity index (χ1n) is 6.75. The minimum atomic E-state index is -1.53. The van der Waals surface area contributed by atoms with Crippen LogP contribution in [0.4, 0.5) is 0 Å². The van der Waals surface area contributed by atoms with Gasteiger partial charge < -0.3 is 9.53 Å². The van der Waals surface area contributed by atoms with Crippen molar-refractivity contribution in [1.82, 2.24) is 0 Å². The van der Waals surface area contributed by atoms with Gasteiger partial charge in [-0.3, -0.25) is 0 Å². The summed E-state index contributed by atoms with van der Waals surface area (Å²) in [7, 11) is -1.53. The normalized spacial score (nSPS) is 16.5. The number of aliphatic hydroxyl groups is 1. The van der Waals surface area contributed by atoms with Crippen LogP contribution in [0.15, 0.2) is 0 Å². The first kappa shape index (κ1) is 16.1. The molecule has 0 aromatic rings. The van der Waals surface area contributed by atoms with Crippen LogP contribution in [0, 0.1) is 11.8 Å². The van der Waals surface area contributed by atoms with Gasteiger partial charge in [0.2, 0.25) is 0 Å². The summed E-state index contributed by atoms with van der Waals surface area (Å²) < 4.78 is 6.48. The SMILES string of the molecule is CC[Si](CC)(CC)O[C@H](C(C)C)[C@@H](C)CO. The summed E-state index contributed by atoms with van der Waals surface area (Å²) in [5.41, 5.74) is 0. The second kappa shape index (κ2) is 7.46. The van der Waals surface area contributed by atoms with Gasteiger partial charge in [-0.1, -0.05) is 41.5 Å². The fraction of sp³-hybridized carbons (Fsp3) is 1.00. The number of hydrogen-bond donors (Lipinski definition) is 1. The van der Waals surface area contributed by atoms with E-state index in [0.717, 1.165) is 0 Å². The molecule has 16 heavy (non-hydrogen) atoms. The largest absolute Gasteiger partial charge is 0.413 e. The lowest BCUT2D eigenvalue weighted by Gasteiger charge is -2.37. The fourth-order valence-electron chi connectivity index (χ4n) is 2.30. The zero-order valence-electron chi connectivity index (χ0n) is 11.9. The monoisotopic (exact) mass is 246 g/mol. The van der Waals surface area contributed by atoms with Crippen LogP contribution in [0.5, 0.6) is 0 Å². The molecule has 3 heteroatoms. The Morgan fingerprint density at radius 2 is 1.44 bits per heavy atom. The quantitative estimate of drug-likeness (QED) is 0.662. The molecule has 0 aliphatic rings. The van der Waals surface area contributed by atoms with E-state index < -0.39 is 8.32 Å². The van der Waals surface area contributed by atoms with Gasteiger partial charge in [0.15, 0.2) is 8.32 Å². The molecule has 0 saturated heterocycles. The van der Waals surface area contributed by atoms with Gasteiger partial charge in [-0.05, 0) is 24.1 Å². The van der Waals surface area contributed by atoms with Crippen LogP contribution in [0.25, 0.3) is 0 Å². The Labute approximate surface area is 103 Å². The van der Waals surface area contributed by atoms with Crippen molar-refractivity contribution in [3.8, 4) is 0 Å². The molecule has 0 saturated carbocycles. The summed E-state index contributed by atoms with van der Waals surface area (Å²) in [5, 5.41) is 9.30. The molecular formula is C13H30O2Si. The maximum absolute atomic E-state index is 9.30. The molecule has 0 heterocycles. The third-order valence-electron chi connectivity index (χ3n) is 3.82. The molecule has 0 spiro atoms. The highest BCUT2D eigenvalue weighted by atomic mass is 28.4. The third kappa shape index (κ3) is 4.19. The molecular weight excluding hydrogens is 216 g/mol. The van der Waals surface area contributed by atoms with E-state index >= 15 is 0 Å². The van der Waals surface area contributed by atoms with E-state index in [-0.39, 0.29) is 18.6 Å². The van der Waals surface area contributed by atoms with Crippen molar-refractivity contribution in [3.05, 3.63) is 0 Å². The predicted octanol–water partition coefficient (Wildman–Crippen LogP) is 3.66. The van der Waals surface area contributed by atoms with Crippen LogP contribution in [-0.2, 0) is 4.43 Å².